The third-order valence-electron chi connectivity index (χ3n) is 9.35. The van der Waals surface area contributed by atoms with E-state index in [-0.39, 0.29) is 5.41 Å². The van der Waals surface area contributed by atoms with Crippen LogP contribution in [-0.2, 0) is 13.5 Å². The van der Waals surface area contributed by atoms with Gasteiger partial charge in [-0.25, -0.2) is 0 Å². The third kappa shape index (κ3) is 3.33. The Labute approximate surface area is 215 Å². The Balaban J connectivity index is 1.48. The van der Waals surface area contributed by atoms with Gasteiger partial charge in [-0.1, -0.05) is 45.4 Å². The number of ether oxygens (including phenoxy) is 1. The second-order valence-electron chi connectivity index (χ2n) is 13.3. The van der Waals surface area contributed by atoms with Crippen molar-refractivity contribution in [2.45, 2.75) is 72.6 Å². The van der Waals surface area contributed by atoms with Crippen LogP contribution in [0.4, 0.5) is 0 Å². The molecule has 2 bridgehead atoms. The monoisotopic (exact) mass is 476 g/mol. The molecule has 2 heterocycles. The zero-order valence-electron chi connectivity index (χ0n) is 22.7. The molecular weight excluding hydrogens is 438 g/mol. The number of pyridine rings is 1. The standard InChI is InChI=1S/C34H38NO/c1-19-11-26-13-22(17-34(3,4)5)15-29-31(26)30(20(19)2)32-33(36-29)28-16-24(9-10-25(28)18-35(32)6)27-14-21-7-8-23(27)12-21/h9-11,13,15-16,18,21,23,27H,7-8,12,14,17H2,1-6H3/q+1. The van der Waals surface area contributed by atoms with Crippen LogP contribution in [-0.4, -0.2) is 0 Å². The van der Waals surface area contributed by atoms with Crippen molar-refractivity contribution in [3.8, 4) is 22.8 Å². The SMILES string of the molecule is Cc1cc2cc(CC(C)(C)C)cc3c2c(c1C)-c1c(c2cc(C4CC5CCC4C5)ccc2c[n+]1C)O3. The molecule has 36 heavy (non-hydrogen) atoms. The van der Waals surface area contributed by atoms with E-state index in [0.29, 0.717) is 0 Å². The second kappa shape index (κ2) is 7.57. The van der Waals surface area contributed by atoms with Gasteiger partial charge in [0.05, 0.1) is 5.56 Å². The first-order valence-electron chi connectivity index (χ1n) is 13.9. The van der Waals surface area contributed by atoms with Crippen molar-refractivity contribution < 1.29 is 9.30 Å². The summed E-state index contributed by atoms with van der Waals surface area (Å²) in [4.78, 5) is 0. The maximum atomic E-state index is 6.95. The van der Waals surface area contributed by atoms with E-state index in [0.717, 1.165) is 35.7 Å². The molecule has 2 heteroatoms. The maximum absolute atomic E-state index is 6.95. The lowest BCUT2D eigenvalue weighted by molar-refractivity contribution is -0.659. The number of hydrogen-bond acceptors (Lipinski definition) is 1. The summed E-state index contributed by atoms with van der Waals surface area (Å²) in [6.45, 7) is 11.5. The molecular formula is C34H38NO+. The Morgan fingerprint density at radius 3 is 2.53 bits per heavy atom. The fraction of sp³-hybridized carbons (Fsp3) is 0.441. The zero-order valence-corrected chi connectivity index (χ0v) is 22.7. The number of nitrogens with zero attached hydrogens (tertiary/aromatic N) is 1. The molecule has 3 aliphatic rings. The van der Waals surface area contributed by atoms with Crippen molar-refractivity contribution >= 4 is 21.5 Å². The highest BCUT2D eigenvalue weighted by Crippen LogP contribution is 2.54. The Bertz CT molecular complexity index is 1570. The third-order valence-corrected chi connectivity index (χ3v) is 9.35. The fourth-order valence-electron chi connectivity index (χ4n) is 7.73. The summed E-state index contributed by atoms with van der Waals surface area (Å²) in [5, 5.41) is 5.09. The van der Waals surface area contributed by atoms with Crippen LogP contribution in [0.15, 0.2) is 42.6 Å². The molecule has 2 nitrogen and oxygen atoms in total. The van der Waals surface area contributed by atoms with Gasteiger partial charge < -0.3 is 4.74 Å². The molecule has 3 aromatic carbocycles. The van der Waals surface area contributed by atoms with Crippen LogP contribution in [0, 0.1) is 31.1 Å². The highest BCUT2D eigenvalue weighted by Gasteiger charge is 2.40. The normalized spacial score (nSPS) is 22.3. The molecule has 2 aliphatic carbocycles. The van der Waals surface area contributed by atoms with Crippen LogP contribution >= 0.6 is 0 Å². The summed E-state index contributed by atoms with van der Waals surface area (Å²) in [5.41, 5.74) is 8.37. The lowest BCUT2D eigenvalue weighted by atomic mass is 9.82. The number of aromatic nitrogens is 1. The zero-order chi connectivity index (χ0) is 24.9. The quantitative estimate of drug-likeness (QED) is 0.232. The van der Waals surface area contributed by atoms with Crippen molar-refractivity contribution in [2.24, 2.45) is 24.3 Å². The molecule has 0 amide bonds. The van der Waals surface area contributed by atoms with Gasteiger partial charge in [0.25, 0.3) is 5.69 Å². The van der Waals surface area contributed by atoms with E-state index in [4.69, 9.17) is 4.74 Å². The first kappa shape index (κ1) is 22.3. The molecule has 3 atom stereocenters. The lowest BCUT2D eigenvalue weighted by Crippen LogP contribution is -2.32. The van der Waals surface area contributed by atoms with Crippen LogP contribution in [0.3, 0.4) is 0 Å². The molecule has 0 spiro atoms. The molecule has 7 rings (SSSR count). The highest BCUT2D eigenvalue weighted by atomic mass is 16.5. The van der Waals surface area contributed by atoms with Gasteiger partial charge in [-0.15, -0.1) is 0 Å². The van der Waals surface area contributed by atoms with Gasteiger partial charge in [-0.05, 0) is 109 Å². The lowest BCUT2D eigenvalue weighted by Gasteiger charge is -2.26. The van der Waals surface area contributed by atoms with Gasteiger partial charge in [0.1, 0.15) is 12.8 Å². The minimum atomic E-state index is 0.226. The van der Waals surface area contributed by atoms with Crippen molar-refractivity contribution in [2.75, 3.05) is 0 Å². The van der Waals surface area contributed by atoms with Gasteiger partial charge in [-0.3, -0.25) is 0 Å². The van der Waals surface area contributed by atoms with Crippen molar-refractivity contribution in [3.63, 3.8) is 0 Å². The predicted molar refractivity (Wildman–Crippen MR) is 149 cm³/mol. The Morgan fingerprint density at radius 2 is 1.81 bits per heavy atom. The highest BCUT2D eigenvalue weighted by molar-refractivity contribution is 6.07. The number of fused-ring (bicyclic) bond motifs is 6. The second-order valence-corrected chi connectivity index (χ2v) is 13.3. The summed E-state index contributed by atoms with van der Waals surface area (Å²) in [7, 11) is 2.18. The van der Waals surface area contributed by atoms with Gasteiger partial charge in [0.15, 0.2) is 6.20 Å². The topological polar surface area (TPSA) is 13.1 Å². The van der Waals surface area contributed by atoms with Crippen molar-refractivity contribution in [3.05, 3.63) is 64.8 Å². The average Bonchev–Trinajstić information content (AvgIpc) is 3.44. The number of hydrogen-bond donors (Lipinski definition) is 0. The van der Waals surface area contributed by atoms with Crippen LogP contribution < -0.4 is 9.30 Å². The van der Waals surface area contributed by atoms with Crippen molar-refractivity contribution in [1.29, 1.82) is 0 Å². The fourth-order valence-corrected chi connectivity index (χ4v) is 7.73. The first-order chi connectivity index (χ1) is 17.2. The van der Waals surface area contributed by atoms with E-state index in [2.05, 4.69) is 88.8 Å². The van der Waals surface area contributed by atoms with Crippen LogP contribution in [0.5, 0.6) is 11.5 Å². The van der Waals surface area contributed by atoms with Crippen LogP contribution in [0.25, 0.3) is 32.8 Å². The summed E-state index contributed by atoms with van der Waals surface area (Å²) >= 11 is 0. The largest absolute Gasteiger partial charge is 0.449 e. The van der Waals surface area contributed by atoms with E-state index in [9.17, 15) is 0 Å². The smallest absolute Gasteiger partial charge is 0.257 e. The van der Waals surface area contributed by atoms with Gasteiger partial charge in [0, 0.05) is 16.2 Å². The van der Waals surface area contributed by atoms with E-state index < -0.39 is 0 Å². The van der Waals surface area contributed by atoms with Crippen molar-refractivity contribution in [1.82, 2.24) is 0 Å². The Kier molecular flexibility index (Phi) is 4.70. The molecule has 3 unspecified atom stereocenters. The molecule has 1 aromatic heterocycles. The Hall–Kier alpha value is -2.87. The molecule has 0 saturated heterocycles. The molecule has 4 aromatic rings. The van der Waals surface area contributed by atoms with E-state index >= 15 is 0 Å². The van der Waals surface area contributed by atoms with Gasteiger partial charge >= 0.3 is 0 Å². The first-order valence-corrected chi connectivity index (χ1v) is 13.9. The van der Waals surface area contributed by atoms with Crippen LogP contribution in [0.2, 0.25) is 0 Å². The Morgan fingerprint density at radius 1 is 0.972 bits per heavy atom. The molecule has 0 radical (unpaired) electrons. The summed E-state index contributed by atoms with van der Waals surface area (Å²) in [6, 6.07) is 14.3. The molecule has 1 aliphatic heterocycles. The predicted octanol–water partition coefficient (Wildman–Crippen LogP) is 8.70. The summed E-state index contributed by atoms with van der Waals surface area (Å²) in [5.74, 6) is 4.61. The number of rotatable bonds is 2. The van der Waals surface area contributed by atoms with Gasteiger partial charge in [-0.2, -0.15) is 4.57 Å². The van der Waals surface area contributed by atoms with E-state index in [1.54, 1.807) is 0 Å². The summed E-state index contributed by atoms with van der Waals surface area (Å²) in [6.07, 6.45) is 9.00. The number of benzene rings is 3. The van der Waals surface area contributed by atoms with Gasteiger partial charge in [0.2, 0.25) is 5.75 Å². The molecule has 0 N–H and O–H groups in total. The summed E-state index contributed by atoms with van der Waals surface area (Å²) < 4.78 is 9.25. The van der Waals surface area contributed by atoms with E-state index in [1.165, 1.54) is 80.7 Å². The number of aryl methyl sites for hydroxylation is 2. The van der Waals surface area contributed by atoms with E-state index in [1.807, 2.05) is 0 Å². The van der Waals surface area contributed by atoms with Crippen LogP contribution in [0.1, 0.15) is 74.6 Å². The minimum absolute atomic E-state index is 0.226. The molecule has 184 valence electrons. The maximum Gasteiger partial charge on any atom is 0.257 e. The average molecular weight is 477 g/mol. The molecule has 2 fully saturated rings. The minimum Gasteiger partial charge on any atom is -0.449 e. The molecule has 2 saturated carbocycles.